The molecule has 0 aliphatic rings. The predicted octanol–water partition coefficient (Wildman–Crippen LogP) is -0.404. The first-order valence-electron chi connectivity index (χ1n) is 0.918. The predicted molar refractivity (Wildman–Crippen MR) is 22.3 cm³/mol. The van der Waals surface area contributed by atoms with E-state index in [1.165, 1.54) is 9.47 Å². The van der Waals surface area contributed by atoms with Crippen molar-refractivity contribution < 1.29 is 16.9 Å². The van der Waals surface area contributed by atoms with Gasteiger partial charge >= 0.3 is 10.4 Å². The van der Waals surface area contributed by atoms with E-state index in [-0.39, 0.29) is 0 Å². The minimum absolute atomic E-state index is 1.39. The van der Waals surface area contributed by atoms with Gasteiger partial charge < -0.3 is 0 Å². The Hall–Kier alpha value is 0.300. The maximum Gasteiger partial charge on any atom is 0.399 e. The van der Waals surface area contributed by atoms with Crippen molar-refractivity contribution in [1.82, 2.24) is 0 Å². The fourth-order valence-corrected chi connectivity index (χ4v) is 0. The third-order valence-corrected chi connectivity index (χ3v) is 1.09. The highest BCUT2D eigenvalue weighted by atomic mass is 32.3. The van der Waals surface area contributed by atoms with Crippen LogP contribution in [0.5, 0.6) is 0 Å². The Morgan fingerprint density at radius 1 is 1.67 bits per heavy atom. The first kappa shape index (κ1) is 6.30. The van der Waals surface area contributed by atoms with Crippen LogP contribution in [0.25, 0.3) is 0 Å². The molecule has 6 heavy (non-hydrogen) atoms. The average molecular weight is 130 g/mol. The summed E-state index contributed by atoms with van der Waals surface area (Å²) < 4.78 is 29.6. The standard InChI is InChI=1S/H3O4PS/c1-6(2,3)4-5/h5H2,(H,1,2,3). The summed E-state index contributed by atoms with van der Waals surface area (Å²) in [4.78, 5) is 0. The molecule has 0 amide bonds. The summed E-state index contributed by atoms with van der Waals surface area (Å²) in [5.41, 5.74) is 0. The molecule has 0 aliphatic carbocycles. The second-order valence-electron chi connectivity index (χ2n) is 0.524. The van der Waals surface area contributed by atoms with Crippen LogP contribution in [0, 0.1) is 0 Å². The van der Waals surface area contributed by atoms with Gasteiger partial charge in [-0.25, -0.2) is 3.97 Å². The first-order chi connectivity index (χ1) is 2.56. The van der Waals surface area contributed by atoms with Crippen LogP contribution < -0.4 is 0 Å². The summed E-state index contributed by atoms with van der Waals surface area (Å²) >= 11 is 0. The van der Waals surface area contributed by atoms with Crippen molar-refractivity contribution in [3.8, 4) is 0 Å². The molecule has 0 aromatic rings. The van der Waals surface area contributed by atoms with Crippen molar-refractivity contribution in [1.29, 1.82) is 0 Å². The zero-order valence-corrected chi connectivity index (χ0v) is 4.63. The first-order valence-corrected chi connectivity index (χ1v) is 2.75. The van der Waals surface area contributed by atoms with Gasteiger partial charge in [0, 0.05) is 9.47 Å². The molecule has 0 saturated heterocycles. The van der Waals surface area contributed by atoms with Crippen LogP contribution >= 0.6 is 9.47 Å². The summed E-state index contributed by atoms with van der Waals surface area (Å²) in [7, 11) is -2.81. The van der Waals surface area contributed by atoms with Crippen molar-refractivity contribution in [2.24, 2.45) is 0 Å². The van der Waals surface area contributed by atoms with E-state index in [1.54, 1.807) is 0 Å². The molecule has 0 bridgehead atoms. The third-order valence-electron chi connectivity index (χ3n) is 0.122. The van der Waals surface area contributed by atoms with Gasteiger partial charge in [-0.2, -0.15) is 8.42 Å². The molecule has 1 unspecified atom stereocenters. The normalized spacial score (nSPS) is 11.7. The van der Waals surface area contributed by atoms with Crippen molar-refractivity contribution in [2.75, 3.05) is 0 Å². The lowest BCUT2D eigenvalue weighted by molar-refractivity contribution is 0.407. The molecule has 0 aliphatic heterocycles. The Morgan fingerprint density at radius 3 is 1.83 bits per heavy atom. The van der Waals surface area contributed by atoms with E-state index < -0.39 is 10.4 Å². The Bertz CT molecular complexity index is 110. The fourth-order valence-electron chi connectivity index (χ4n) is 0. The van der Waals surface area contributed by atoms with Gasteiger partial charge in [-0.15, -0.1) is 0 Å². The molecule has 0 spiro atoms. The van der Waals surface area contributed by atoms with E-state index in [2.05, 4.69) is 3.97 Å². The molecule has 0 fully saturated rings. The largest absolute Gasteiger partial charge is 0.399 e. The van der Waals surface area contributed by atoms with Crippen LogP contribution in [0.4, 0.5) is 0 Å². The second kappa shape index (κ2) is 1.84. The maximum atomic E-state index is 9.31. The zero-order chi connectivity index (χ0) is 5.21. The van der Waals surface area contributed by atoms with Crippen molar-refractivity contribution >= 4 is 19.9 Å². The molecule has 0 radical (unpaired) electrons. The summed E-state index contributed by atoms with van der Waals surface area (Å²) in [6, 6.07) is 0. The maximum absolute atomic E-state index is 9.31. The number of hydrogen-bond acceptors (Lipinski definition) is 3. The summed E-state index contributed by atoms with van der Waals surface area (Å²) in [6.07, 6.45) is 0. The smallest absolute Gasteiger partial charge is 0.263 e. The molecule has 0 rings (SSSR count). The third kappa shape index (κ3) is 4.30. The minimum Gasteiger partial charge on any atom is -0.263 e. The van der Waals surface area contributed by atoms with Crippen LogP contribution in [0.2, 0.25) is 0 Å². The van der Waals surface area contributed by atoms with E-state index in [1.807, 2.05) is 0 Å². The van der Waals surface area contributed by atoms with Crippen LogP contribution in [0.3, 0.4) is 0 Å². The highest BCUT2D eigenvalue weighted by molar-refractivity contribution is 7.83. The zero-order valence-electron chi connectivity index (χ0n) is 2.66. The quantitative estimate of drug-likeness (QED) is 0.387. The summed E-state index contributed by atoms with van der Waals surface area (Å²) in [6.45, 7) is 0. The van der Waals surface area contributed by atoms with Crippen molar-refractivity contribution in [3.05, 3.63) is 0 Å². The molecule has 1 N–H and O–H groups in total. The molecule has 1 atom stereocenters. The van der Waals surface area contributed by atoms with Gasteiger partial charge in [0.1, 0.15) is 0 Å². The van der Waals surface area contributed by atoms with E-state index in [9.17, 15) is 8.42 Å². The molecule has 4 nitrogen and oxygen atoms in total. The lowest BCUT2D eigenvalue weighted by Gasteiger charge is -1.81. The van der Waals surface area contributed by atoms with E-state index >= 15 is 0 Å². The van der Waals surface area contributed by atoms with E-state index in [0.717, 1.165) is 0 Å². The summed E-state index contributed by atoms with van der Waals surface area (Å²) in [5, 5.41) is 0. The van der Waals surface area contributed by atoms with E-state index in [0.29, 0.717) is 0 Å². The van der Waals surface area contributed by atoms with Gasteiger partial charge in [-0.1, -0.05) is 0 Å². The van der Waals surface area contributed by atoms with Gasteiger partial charge in [0.15, 0.2) is 0 Å². The molecule has 38 valence electrons. The molecule has 0 saturated carbocycles. The SMILES string of the molecule is O=S(=O)(O)OP. The monoisotopic (exact) mass is 130 g/mol. The number of rotatable bonds is 1. The van der Waals surface area contributed by atoms with E-state index in [4.69, 9.17) is 4.55 Å². The Kier molecular flexibility index (Phi) is 1.93. The molecule has 0 heterocycles. The topological polar surface area (TPSA) is 63.6 Å². The Labute approximate surface area is 37.7 Å². The van der Waals surface area contributed by atoms with Crippen molar-refractivity contribution in [2.45, 2.75) is 0 Å². The van der Waals surface area contributed by atoms with Gasteiger partial charge in [0.25, 0.3) is 0 Å². The van der Waals surface area contributed by atoms with Gasteiger partial charge in [0.05, 0.1) is 0 Å². The lowest BCUT2D eigenvalue weighted by Crippen LogP contribution is -1.92. The van der Waals surface area contributed by atoms with Gasteiger partial charge in [-0.3, -0.25) is 4.55 Å². The number of hydrogen-bond donors (Lipinski definition) is 1. The highest BCUT2D eigenvalue weighted by Gasteiger charge is 1.94. The lowest BCUT2D eigenvalue weighted by atomic mass is 15.8. The Balaban J connectivity index is 3.85. The fraction of sp³-hybridized carbons (Fsp3) is 0. The highest BCUT2D eigenvalue weighted by Crippen LogP contribution is 1.90. The Morgan fingerprint density at radius 2 is 1.83 bits per heavy atom. The van der Waals surface area contributed by atoms with Crippen LogP contribution in [-0.2, 0) is 14.4 Å². The molecule has 0 aromatic carbocycles. The average Bonchev–Trinajstić information content (AvgIpc) is 1.35. The second-order valence-corrected chi connectivity index (χ2v) is 2.15. The van der Waals surface area contributed by atoms with Gasteiger partial charge in [-0.05, 0) is 0 Å². The molecule has 6 heteroatoms. The molecular formula is H3O4PS. The molecule has 0 aromatic heterocycles. The summed E-state index contributed by atoms with van der Waals surface area (Å²) in [5.74, 6) is 0. The van der Waals surface area contributed by atoms with Crippen molar-refractivity contribution in [3.63, 3.8) is 0 Å². The van der Waals surface area contributed by atoms with Crippen LogP contribution in [-0.4, -0.2) is 13.0 Å². The molecular weight excluding hydrogens is 127 g/mol. The minimum atomic E-state index is -4.20. The van der Waals surface area contributed by atoms with Crippen LogP contribution in [0.1, 0.15) is 0 Å². The van der Waals surface area contributed by atoms with Gasteiger partial charge in [0.2, 0.25) is 0 Å². The van der Waals surface area contributed by atoms with Crippen LogP contribution in [0.15, 0.2) is 0 Å².